The van der Waals surface area contributed by atoms with E-state index < -0.39 is 0 Å². The van der Waals surface area contributed by atoms with Crippen LogP contribution >= 0.6 is 11.9 Å². The van der Waals surface area contributed by atoms with Crippen LogP contribution < -0.4 is 9.46 Å². The first kappa shape index (κ1) is 12.8. The van der Waals surface area contributed by atoms with Crippen LogP contribution in [0.2, 0.25) is 0 Å². The third-order valence-corrected chi connectivity index (χ3v) is 2.75. The third-order valence-electron chi connectivity index (χ3n) is 2.24. The molecule has 2 heterocycles. The largest absolute Gasteiger partial charge is 0.477 e. The zero-order valence-electron chi connectivity index (χ0n) is 10.4. The zero-order chi connectivity index (χ0) is 13.0. The number of H-pyrrole nitrogens is 1. The lowest BCUT2D eigenvalue weighted by Gasteiger charge is -2.09. The molecule has 0 saturated heterocycles. The summed E-state index contributed by atoms with van der Waals surface area (Å²) < 4.78 is 8.87. The monoisotopic (exact) mass is 264 g/mol. The molecule has 2 aromatic heterocycles. The number of hydrogen-bond acceptors (Lipinski definition) is 5. The lowest BCUT2D eigenvalue weighted by Crippen LogP contribution is -2.06. The summed E-state index contributed by atoms with van der Waals surface area (Å²) in [6, 6.07) is 0. The topological polar surface area (TPSA) is 62.8 Å². The Morgan fingerprint density at radius 3 is 3.11 bits per heavy atom. The highest BCUT2D eigenvalue weighted by Crippen LogP contribution is 2.30. The molecule has 2 aromatic rings. The van der Waals surface area contributed by atoms with Crippen LogP contribution in [0.25, 0.3) is 11.0 Å². The van der Waals surface area contributed by atoms with E-state index in [9.17, 15) is 0 Å². The van der Waals surface area contributed by atoms with Gasteiger partial charge in [-0.3, -0.25) is 0 Å². The number of aromatic amines is 1. The van der Waals surface area contributed by atoms with Crippen molar-refractivity contribution in [2.45, 2.75) is 13.8 Å². The van der Waals surface area contributed by atoms with Gasteiger partial charge >= 0.3 is 0 Å². The number of ether oxygens (including phenoxy) is 1. The summed E-state index contributed by atoms with van der Waals surface area (Å²) in [6.07, 6.45) is 3.34. The van der Waals surface area contributed by atoms with Gasteiger partial charge in [-0.25, -0.2) is 9.97 Å². The number of aromatic nitrogens is 3. The van der Waals surface area contributed by atoms with E-state index in [0.717, 1.165) is 16.7 Å². The van der Waals surface area contributed by atoms with E-state index in [0.29, 0.717) is 18.4 Å². The first-order chi connectivity index (χ1) is 8.72. The van der Waals surface area contributed by atoms with Crippen LogP contribution in [-0.2, 0) is 0 Å². The Morgan fingerprint density at radius 1 is 1.56 bits per heavy atom. The van der Waals surface area contributed by atoms with Crippen molar-refractivity contribution in [3.8, 4) is 5.88 Å². The Bertz CT molecular complexity index is 538. The molecule has 0 saturated carbocycles. The minimum atomic E-state index is 0.452. The Morgan fingerprint density at radius 2 is 2.39 bits per heavy atom. The van der Waals surface area contributed by atoms with Gasteiger partial charge in [0.1, 0.15) is 17.4 Å². The molecule has 6 heteroatoms. The maximum Gasteiger partial charge on any atom is 0.228 e. The molecule has 0 atom stereocenters. The van der Waals surface area contributed by atoms with Gasteiger partial charge in [0, 0.05) is 6.20 Å². The van der Waals surface area contributed by atoms with Crippen molar-refractivity contribution in [2.24, 2.45) is 5.92 Å². The highest BCUT2D eigenvalue weighted by atomic mass is 32.2. The van der Waals surface area contributed by atoms with Gasteiger partial charge in [0.15, 0.2) is 0 Å². The van der Waals surface area contributed by atoms with Gasteiger partial charge in [0.25, 0.3) is 0 Å². The highest BCUT2D eigenvalue weighted by Gasteiger charge is 2.12. The van der Waals surface area contributed by atoms with E-state index in [2.05, 4.69) is 40.1 Å². The molecular weight excluding hydrogens is 248 g/mol. The summed E-state index contributed by atoms with van der Waals surface area (Å²) in [4.78, 5) is 11.5. The molecule has 0 aromatic carbocycles. The second kappa shape index (κ2) is 5.77. The first-order valence-corrected chi connectivity index (χ1v) is 6.57. The standard InChI is InChI=1S/C12H16N4OS/c1-4-18-16-9-5-13-11-10(9)12(15-7-14-11)17-6-8(2)3/h4-5,7-8,16H,1,6H2,2-3H3,(H,13,14,15). The number of nitrogens with zero attached hydrogens (tertiary/aromatic N) is 2. The normalized spacial score (nSPS) is 10.8. The van der Waals surface area contributed by atoms with E-state index in [1.54, 1.807) is 5.41 Å². The van der Waals surface area contributed by atoms with Gasteiger partial charge < -0.3 is 14.4 Å². The molecule has 0 fully saturated rings. The van der Waals surface area contributed by atoms with Crippen LogP contribution in [-0.4, -0.2) is 21.6 Å². The maximum atomic E-state index is 5.71. The number of hydrogen-bond donors (Lipinski definition) is 2. The zero-order valence-corrected chi connectivity index (χ0v) is 11.3. The average Bonchev–Trinajstić information content (AvgIpc) is 2.77. The van der Waals surface area contributed by atoms with Crippen molar-refractivity contribution >= 4 is 28.7 Å². The van der Waals surface area contributed by atoms with Crippen LogP contribution in [0.1, 0.15) is 13.8 Å². The summed E-state index contributed by atoms with van der Waals surface area (Å²) in [6.45, 7) is 8.48. The van der Waals surface area contributed by atoms with Gasteiger partial charge in [0.2, 0.25) is 5.88 Å². The number of rotatable bonds is 6. The van der Waals surface area contributed by atoms with Crippen LogP contribution in [0.3, 0.4) is 0 Å². The minimum absolute atomic E-state index is 0.452. The molecule has 2 N–H and O–H groups in total. The third kappa shape index (κ3) is 2.76. The van der Waals surface area contributed by atoms with Crippen molar-refractivity contribution in [2.75, 3.05) is 11.3 Å². The second-order valence-corrected chi connectivity index (χ2v) is 4.97. The van der Waals surface area contributed by atoms with E-state index >= 15 is 0 Å². The molecule has 0 unspecified atom stereocenters. The fourth-order valence-corrected chi connectivity index (χ4v) is 1.85. The SMILES string of the molecule is C=CSNc1c[nH]c2ncnc(OCC(C)C)c12. The predicted octanol–water partition coefficient (Wildman–Crippen LogP) is 3.20. The molecule has 0 aliphatic carbocycles. The molecule has 0 radical (unpaired) electrons. The van der Waals surface area contributed by atoms with Gasteiger partial charge in [-0.1, -0.05) is 20.4 Å². The Kier molecular flexibility index (Phi) is 4.09. The molecule has 18 heavy (non-hydrogen) atoms. The summed E-state index contributed by atoms with van der Waals surface area (Å²) >= 11 is 1.40. The smallest absolute Gasteiger partial charge is 0.228 e. The van der Waals surface area contributed by atoms with E-state index in [4.69, 9.17) is 4.74 Å². The quantitative estimate of drug-likeness (QED) is 0.784. The molecule has 5 nitrogen and oxygen atoms in total. The Balaban J connectivity index is 2.32. The van der Waals surface area contributed by atoms with Crippen molar-refractivity contribution < 1.29 is 4.74 Å². The fourth-order valence-electron chi connectivity index (χ4n) is 1.48. The van der Waals surface area contributed by atoms with E-state index in [-0.39, 0.29) is 0 Å². The number of nitrogens with one attached hydrogen (secondary N) is 2. The summed E-state index contributed by atoms with van der Waals surface area (Å²) in [5, 5.41) is 2.59. The Hall–Kier alpha value is -1.69. The molecule has 0 spiro atoms. The van der Waals surface area contributed by atoms with Crippen LogP contribution in [0.15, 0.2) is 24.5 Å². The highest BCUT2D eigenvalue weighted by molar-refractivity contribution is 8.03. The van der Waals surface area contributed by atoms with Gasteiger partial charge in [-0.15, -0.1) is 0 Å². The number of fused-ring (bicyclic) bond motifs is 1. The molecule has 96 valence electrons. The summed E-state index contributed by atoms with van der Waals surface area (Å²) in [5.74, 6) is 1.05. The molecular formula is C12H16N4OS. The molecule has 0 aliphatic heterocycles. The molecule has 2 rings (SSSR count). The second-order valence-electron chi connectivity index (χ2n) is 4.20. The maximum absolute atomic E-state index is 5.71. The fraction of sp³-hybridized carbons (Fsp3) is 0.333. The van der Waals surface area contributed by atoms with Crippen molar-refractivity contribution in [1.29, 1.82) is 0 Å². The van der Waals surface area contributed by atoms with Crippen LogP contribution in [0, 0.1) is 5.92 Å². The van der Waals surface area contributed by atoms with Crippen molar-refractivity contribution in [3.05, 3.63) is 24.5 Å². The minimum Gasteiger partial charge on any atom is -0.477 e. The predicted molar refractivity (Wildman–Crippen MR) is 75.6 cm³/mol. The summed E-state index contributed by atoms with van der Waals surface area (Å²) in [7, 11) is 0. The number of anilines is 1. The van der Waals surface area contributed by atoms with Crippen molar-refractivity contribution in [3.63, 3.8) is 0 Å². The van der Waals surface area contributed by atoms with Gasteiger partial charge in [0.05, 0.1) is 12.3 Å². The molecule has 0 bridgehead atoms. The Labute approximate surface area is 110 Å². The molecule has 0 amide bonds. The molecule has 0 aliphatic rings. The van der Waals surface area contributed by atoms with Crippen LogP contribution in [0.5, 0.6) is 5.88 Å². The average molecular weight is 264 g/mol. The summed E-state index contributed by atoms with van der Waals surface area (Å²) in [5.41, 5.74) is 1.66. The van der Waals surface area contributed by atoms with E-state index in [1.165, 1.54) is 18.3 Å². The lowest BCUT2D eigenvalue weighted by atomic mass is 10.2. The van der Waals surface area contributed by atoms with Gasteiger partial charge in [-0.2, -0.15) is 0 Å². The van der Waals surface area contributed by atoms with E-state index in [1.807, 2.05) is 6.20 Å². The van der Waals surface area contributed by atoms with Crippen molar-refractivity contribution in [1.82, 2.24) is 15.0 Å². The van der Waals surface area contributed by atoms with Gasteiger partial charge in [-0.05, 0) is 23.3 Å². The van der Waals surface area contributed by atoms with Crippen LogP contribution in [0.4, 0.5) is 5.69 Å². The first-order valence-electron chi connectivity index (χ1n) is 5.69. The lowest BCUT2D eigenvalue weighted by molar-refractivity contribution is 0.264.